The molecule has 3 saturated carbocycles. The summed E-state index contributed by atoms with van der Waals surface area (Å²) in [7, 11) is 0. The first-order chi connectivity index (χ1) is 15.2. The number of fused-ring (bicyclic) bond motifs is 1. The molecule has 9 heteroatoms. The number of carbonyl (C=O) groups excluding carboxylic acids is 2. The van der Waals surface area contributed by atoms with Crippen LogP contribution in [0.15, 0.2) is 30.6 Å². The van der Waals surface area contributed by atoms with Crippen LogP contribution in [0.5, 0.6) is 5.75 Å². The number of hydrogen-bond donors (Lipinski definition) is 2. The number of hydrogen-bond acceptors (Lipinski definition) is 6. The lowest BCUT2D eigenvalue weighted by molar-refractivity contribution is -0.168. The summed E-state index contributed by atoms with van der Waals surface area (Å²) in [5.74, 6) is 0.0810. The third-order valence-corrected chi connectivity index (χ3v) is 6.99. The molecule has 3 aliphatic carbocycles. The second-order valence-electron chi connectivity index (χ2n) is 9.38. The Bertz CT molecular complexity index is 1070. The van der Waals surface area contributed by atoms with E-state index in [1.165, 1.54) is 19.3 Å². The van der Waals surface area contributed by atoms with Crippen molar-refractivity contribution in [2.75, 3.05) is 0 Å². The van der Waals surface area contributed by atoms with E-state index in [2.05, 4.69) is 15.3 Å². The number of ketones is 1. The van der Waals surface area contributed by atoms with Crippen LogP contribution < -0.4 is 10.1 Å². The smallest absolute Gasteiger partial charge is 0.261 e. The van der Waals surface area contributed by atoms with Gasteiger partial charge in [0, 0.05) is 29.0 Å². The molecule has 2 N–H and O–H groups in total. The first-order valence-electron chi connectivity index (χ1n) is 10.6. The Morgan fingerprint density at radius 3 is 2.72 bits per heavy atom. The number of aromatic nitrogens is 2. The molecule has 1 aromatic carbocycles. The molecule has 1 amide bonds. The summed E-state index contributed by atoms with van der Waals surface area (Å²) in [6.45, 7) is 1.37. The minimum absolute atomic E-state index is 0.121. The van der Waals surface area contributed by atoms with E-state index in [0.29, 0.717) is 42.0 Å². The highest BCUT2D eigenvalue weighted by molar-refractivity contribution is 6.30. The zero-order valence-corrected chi connectivity index (χ0v) is 18.2. The summed E-state index contributed by atoms with van der Waals surface area (Å²) >= 11 is 5.97. The largest absolute Gasteiger partial charge is 0.480 e. The Morgan fingerprint density at radius 1 is 1.31 bits per heavy atom. The van der Waals surface area contributed by atoms with Gasteiger partial charge in [-0.15, -0.1) is 0 Å². The van der Waals surface area contributed by atoms with E-state index in [1.807, 2.05) is 0 Å². The Labute approximate surface area is 189 Å². The molecule has 168 valence electrons. The number of rotatable bonds is 6. The molecule has 7 nitrogen and oxygen atoms in total. The van der Waals surface area contributed by atoms with Gasteiger partial charge in [0.1, 0.15) is 17.6 Å². The Hall–Kier alpha value is -2.58. The monoisotopic (exact) mass is 459 g/mol. The second kappa shape index (κ2) is 7.49. The third kappa shape index (κ3) is 3.65. The Balaban J connectivity index is 1.15. The van der Waals surface area contributed by atoms with Crippen molar-refractivity contribution in [2.45, 2.75) is 62.9 Å². The summed E-state index contributed by atoms with van der Waals surface area (Å²) in [4.78, 5) is 33.4. The fourth-order valence-corrected chi connectivity index (χ4v) is 5.54. The maximum Gasteiger partial charge on any atom is 0.261 e. The predicted molar refractivity (Wildman–Crippen MR) is 113 cm³/mol. The lowest BCUT2D eigenvalue weighted by Crippen LogP contribution is -2.75. The summed E-state index contributed by atoms with van der Waals surface area (Å²) < 4.78 is 19.0. The van der Waals surface area contributed by atoms with E-state index in [9.17, 15) is 19.1 Å². The number of ether oxygens (including phenoxy) is 1. The van der Waals surface area contributed by atoms with Crippen molar-refractivity contribution in [2.24, 2.45) is 5.41 Å². The van der Waals surface area contributed by atoms with E-state index >= 15 is 0 Å². The average molecular weight is 460 g/mol. The van der Waals surface area contributed by atoms with E-state index in [0.717, 1.165) is 0 Å². The van der Waals surface area contributed by atoms with Crippen molar-refractivity contribution in [3.8, 4) is 5.75 Å². The van der Waals surface area contributed by atoms with E-state index < -0.39 is 18.4 Å². The number of amides is 1. The number of Topliss-reactive ketones (excluding diaryl/α,β-unsaturated/α-hetero) is 1. The summed E-state index contributed by atoms with van der Waals surface area (Å²) in [5.41, 5.74) is 0.580. The van der Waals surface area contributed by atoms with Gasteiger partial charge in [0.05, 0.1) is 24.2 Å². The number of benzene rings is 1. The van der Waals surface area contributed by atoms with E-state index in [4.69, 9.17) is 16.3 Å². The number of nitrogens with zero attached hydrogens (tertiary/aromatic N) is 2. The van der Waals surface area contributed by atoms with E-state index in [-0.39, 0.29) is 40.5 Å². The number of carbonyl (C=O) groups is 2. The van der Waals surface area contributed by atoms with Gasteiger partial charge in [0.15, 0.2) is 11.9 Å². The zero-order chi connectivity index (χ0) is 22.7. The highest BCUT2D eigenvalue weighted by atomic mass is 35.5. The molecular formula is C23H23ClFN3O4. The molecule has 32 heavy (non-hydrogen) atoms. The van der Waals surface area contributed by atoms with Gasteiger partial charge < -0.3 is 15.2 Å². The molecule has 1 aromatic heterocycles. The predicted octanol–water partition coefficient (Wildman–Crippen LogP) is 3.66. The lowest BCUT2D eigenvalue weighted by atomic mass is 9.38. The molecule has 3 atom stereocenters. The van der Waals surface area contributed by atoms with Crippen LogP contribution in [0.4, 0.5) is 4.39 Å². The SMILES string of the molecule is CC(F)c1cnc(C(=O)CC23CC(NC(=O)C4CC(O)c5cc(Cl)ccc5O4)(C2)C3)cn1. The van der Waals surface area contributed by atoms with Gasteiger partial charge in [-0.2, -0.15) is 0 Å². The summed E-state index contributed by atoms with van der Waals surface area (Å²) in [6.07, 6.45) is 2.43. The minimum atomic E-state index is -1.23. The van der Waals surface area contributed by atoms with Gasteiger partial charge in [-0.3, -0.25) is 14.6 Å². The molecular weight excluding hydrogens is 437 g/mol. The van der Waals surface area contributed by atoms with Crippen LogP contribution in [-0.4, -0.2) is 38.4 Å². The van der Waals surface area contributed by atoms with Crippen LogP contribution >= 0.6 is 11.6 Å². The molecule has 3 fully saturated rings. The van der Waals surface area contributed by atoms with E-state index in [1.54, 1.807) is 18.2 Å². The second-order valence-corrected chi connectivity index (χ2v) is 9.82. The average Bonchev–Trinajstić information content (AvgIpc) is 2.71. The van der Waals surface area contributed by atoms with Gasteiger partial charge in [-0.05, 0) is 49.8 Å². The number of halogens is 2. The molecule has 2 bridgehead atoms. The topological polar surface area (TPSA) is 101 Å². The number of aliphatic hydroxyl groups is 1. The fourth-order valence-electron chi connectivity index (χ4n) is 5.36. The highest BCUT2D eigenvalue weighted by Gasteiger charge is 2.68. The van der Waals surface area contributed by atoms with Crippen molar-refractivity contribution in [3.63, 3.8) is 0 Å². The van der Waals surface area contributed by atoms with Crippen molar-refractivity contribution in [1.29, 1.82) is 0 Å². The Morgan fingerprint density at radius 2 is 2.06 bits per heavy atom. The molecule has 1 aliphatic heterocycles. The molecule has 2 aromatic rings. The summed E-state index contributed by atoms with van der Waals surface area (Å²) in [5, 5.41) is 14.0. The number of aliphatic hydroxyl groups excluding tert-OH is 1. The zero-order valence-electron chi connectivity index (χ0n) is 17.5. The fraction of sp³-hybridized carbons (Fsp3) is 0.478. The standard InChI is InChI=1S/C23H23ClFN3O4/c1-12(25)15-7-27-16(8-26-15)18(30)6-22-9-23(10-22,11-22)28-21(31)20-5-17(29)14-4-13(24)2-3-19(14)32-20/h2-4,7-8,12,17,20,29H,5-6,9-11H2,1H3,(H,28,31). The first-order valence-corrected chi connectivity index (χ1v) is 11.0. The summed E-state index contributed by atoms with van der Waals surface area (Å²) in [6, 6.07) is 4.96. The van der Waals surface area contributed by atoms with Crippen LogP contribution in [0, 0.1) is 5.41 Å². The van der Waals surface area contributed by atoms with Crippen LogP contribution in [0.1, 0.15) is 73.0 Å². The minimum Gasteiger partial charge on any atom is -0.480 e. The molecule has 0 saturated heterocycles. The molecule has 2 heterocycles. The molecule has 0 radical (unpaired) electrons. The van der Waals surface area contributed by atoms with Gasteiger partial charge in [-0.1, -0.05) is 11.6 Å². The maximum absolute atomic E-state index is 13.2. The lowest BCUT2D eigenvalue weighted by Gasteiger charge is -2.70. The van der Waals surface area contributed by atoms with Crippen molar-refractivity contribution >= 4 is 23.3 Å². The van der Waals surface area contributed by atoms with Crippen LogP contribution in [0.3, 0.4) is 0 Å². The normalized spacial score (nSPS) is 30.8. The quantitative estimate of drug-likeness (QED) is 0.639. The number of nitrogens with one attached hydrogen (secondary N) is 1. The molecule has 0 spiro atoms. The van der Waals surface area contributed by atoms with Crippen molar-refractivity contribution in [3.05, 3.63) is 52.6 Å². The molecule has 4 aliphatic rings. The van der Waals surface area contributed by atoms with Crippen molar-refractivity contribution in [1.82, 2.24) is 15.3 Å². The molecule has 6 rings (SSSR count). The van der Waals surface area contributed by atoms with Crippen LogP contribution in [0.25, 0.3) is 0 Å². The molecule has 3 unspecified atom stereocenters. The van der Waals surface area contributed by atoms with Gasteiger partial charge in [0.25, 0.3) is 5.91 Å². The van der Waals surface area contributed by atoms with Crippen molar-refractivity contribution < 1.29 is 23.8 Å². The number of alkyl halides is 1. The van der Waals surface area contributed by atoms with Gasteiger partial charge >= 0.3 is 0 Å². The third-order valence-electron chi connectivity index (χ3n) is 6.76. The van der Waals surface area contributed by atoms with Gasteiger partial charge in [-0.25, -0.2) is 9.37 Å². The maximum atomic E-state index is 13.2. The first kappa shape index (κ1) is 21.3. The van der Waals surface area contributed by atoms with Crippen LogP contribution in [-0.2, 0) is 4.79 Å². The highest BCUT2D eigenvalue weighted by Crippen LogP contribution is 2.69. The Kier molecular flexibility index (Phi) is 4.98. The van der Waals surface area contributed by atoms with Crippen LogP contribution in [0.2, 0.25) is 5.02 Å². The van der Waals surface area contributed by atoms with Gasteiger partial charge in [0.2, 0.25) is 0 Å².